The van der Waals surface area contributed by atoms with E-state index in [0.29, 0.717) is 41.8 Å². The first-order chi connectivity index (χ1) is 10.1. The maximum Gasteiger partial charge on any atom is 0.193 e. The minimum Gasteiger partial charge on any atom is -0.486 e. The summed E-state index contributed by atoms with van der Waals surface area (Å²) in [6.45, 7) is 5.35. The van der Waals surface area contributed by atoms with Crippen LogP contribution in [-0.2, 0) is 0 Å². The number of carbonyl (C=O) groups is 1. The molecule has 1 heterocycles. The Labute approximate surface area is 124 Å². The maximum absolute atomic E-state index is 12.5. The molecule has 2 aromatic carbocycles. The smallest absolute Gasteiger partial charge is 0.193 e. The summed E-state index contributed by atoms with van der Waals surface area (Å²) < 4.78 is 11.0. The van der Waals surface area contributed by atoms with Gasteiger partial charge in [0, 0.05) is 11.1 Å². The van der Waals surface area contributed by atoms with Crippen molar-refractivity contribution in [1.82, 2.24) is 0 Å². The first kappa shape index (κ1) is 13.7. The third kappa shape index (κ3) is 2.77. The van der Waals surface area contributed by atoms with E-state index < -0.39 is 0 Å². The van der Waals surface area contributed by atoms with Gasteiger partial charge in [-0.25, -0.2) is 0 Å². The Morgan fingerprint density at radius 1 is 0.905 bits per heavy atom. The molecule has 3 rings (SSSR count). The van der Waals surface area contributed by atoms with E-state index in [-0.39, 0.29) is 5.78 Å². The molecule has 2 aromatic rings. The normalized spacial score (nSPS) is 13.3. The van der Waals surface area contributed by atoms with Gasteiger partial charge >= 0.3 is 0 Å². The van der Waals surface area contributed by atoms with Crippen molar-refractivity contribution >= 4 is 5.78 Å². The van der Waals surface area contributed by atoms with Gasteiger partial charge in [-0.3, -0.25) is 4.79 Å². The molecule has 0 aliphatic carbocycles. The Morgan fingerprint density at radius 3 is 2.19 bits per heavy atom. The summed E-state index contributed by atoms with van der Waals surface area (Å²) in [6.07, 6.45) is 0. The Hall–Kier alpha value is -2.29. The van der Waals surface area contributed by atoms with Crippen molar-refractivity contribution in [3.63, 3.8) is 0 Å². The molecule has 0 unspecified atom stereocenters. The summed E-state index contributed by atoms with van der Waals surface area (Å²) in [5.41, 5.74) is 2.54. The fourth-order valence-corrected chi connectivity index (χ4v) is 2.37. The lowest BCUT2D eigenvalue weighted by Crippen LogP contribution is -2.15. The molecule has 0 radical (unpaired) electrons. The Morgan fingerprint density at radius 2 is 1.52 bits per heavy atom. The molecule has 1 aliphatic heterocycles. The topological polar surface area (TPSA) is 35.5 Å². The lowest BCUT2D eigenvalue weighted by molar-refractivity contribution is 0.103. The number of ether oxygens (including phenoxy) is 2. The Kier molecular flexibility index (Phi) is 3.65. The highest BCUT2D eigenvalue weighted by molar-refractivity contribution is 6.09. The predicted molar refractivity (Wildman–Crippen MR) is 81.4 cm³/mol. The average molecular weight is 282 g/mol. The molecule has 108 valence electrons. The molecule has 0 N–H and O–H groups in total. The van der Waals surface area contributed by atoms with Crippen LogP contribution in [0.4, 0.5) is 0 Å². The lowest BCUT2D eigenvalue weighted by atomic mass is 9.98. The van der Waals surface area contributed by atoms with Gasteiger partial charge < -0.3 is 9.47 Å². The van der Waals surface area contributed by atoms with E-state index in [4.69, 9.17) is 9.47 Å². The first-order valence-electron chi connectivity index (χ1n) is 7.19. The second-order valence-electron chi connectivity index (χ2n) is 5.46. The van der Waals surface area contributed by atoms with Crippen molar-refractivity contribution in [1.29, 1.82) is 0 Å². The molecule has 21 heavy (non-hydrogen) atoms. The largest absolute Gasteiger partial charge is 0.486 e. The fourth-order valence-electron chi connectivity index (χ4n) is 2.37. The van der Waals surface area contributed by atoms with Gasteiger partial charge in [-0.05, 0) is 29.7 Å². The zero-order valence-electron chi connectivity index (χ0n) is 12.3. The van der Waals surface area contributed by atoms with Crippen LogP contribution in [0.25, 0.3) is 0 Å². The van der Waals surface area contributed by atoms with Crippen LogP contribution in [0.15, 0.2) is 42.5 Å². The number of carbonyl (C=O) groups excluding carboxylic acids is 1. The van der Waals surface area contributed by atoms with Crippen LogP contribution in [0.5, 0.6) is 11.5 Å². The number of hydrogen-bond acceptors (Lipinski definition) is 3. The van der Waals surface area contributed by atoms with Gasteiger partial charge in [-0.1, -0.05) is 38.1 Å². The Bertz CT molecular complexity index is 657. The monoisotopic (exact) mass is 282 g/mol. The molecule has 0 saturated heterocycles. The van der Waals surface area contributed by atoms with Crippen LogP contribution in [-0.4, -0.2) is 19.0 Å². The molecule has 3 heteroatoms. The number of benzene rings is 2. The van der Waals surface area contributed by atoms with Crippen molar-refractivity contribution in [2.75, 3.05) is 13.2 Å². The van der Waals surface area contributed by atoms with Crippen LogP contribution >= 0.6 is 0 Å². The molecule has 0 fully saturated rings. The van der Waals surface area contributed by atoms with Crippen LogP contribution < -0.4 is 9.47 Å². The molecule has 0 amide bonds. The third-order valence-corrected chi connectivity index (χ3v) is 3.64. The summed E-state index contributed by atoms with van der Waals surface area (Å²) in [5, 5.41) is 0. The minimum absolute atomic E-state index is 0.00211. The maximum atomic E-state index is 12.5. The molecule has 1 aliphatic rings. The van der Waals surface area contributed by atoms with Gasteiger partial charge in [0.25, 0.3) is 0 Å². The van der Waals surface area contributed by atoms with Gasteiger partial charge in [-0.2, -0.15) is 0 Å². The summed E-state index contributed by atoms with van der Waals surface area (Å²) in [5.74, 6) is 1.81. The van der Waals surface area contributed by atoms with Crippen molar-refractivity contribution in [3.8, 4) is 11.5 Å². The van der Waals surface area contributed by atoms with Crippen LogP contribution in [0.1, 0.15) is 41.3 Å². The van der Waals surface area contributed by atoms with Gasteiger partial charge in [-0.15, -0.1) is 0 Å². The highest BCUT2D eigenvalue weighted by Crippen LogP contribution is 2.31. The van der Waals surface area contributed by atoms with E-state index >= 15 is 0 Å². The summed E-state index contributed by atoms with van der Waals surface area (Å²) in [7, 11) is 0. The molecule has 0 bridgehead atoms. The van der Waals surface area contributed by atoms with Crippen molar-refractivity contribution in [2.24, 2.45) is 0 Å². The fraction of sp³-hybridized carbons (Fsp3) is 0.278. The second kappa shape index (κ2) is 5.60. The van der Waals surface area contributed by atoms with Crippen LogP contribution in [0.3, 0.4) is 0 Å². The minimum atomic E-state index is 0.00211. The summed E-state index contributed by atoms with van der Waals surface area (Å²) in [6, 6.07) is 13.1. The third-order valence-electron chi connectivity index (χ3n) is 3.64. The van der Waals surface area contributed by atoms with E-state index in [2.05, 4.69) is 13.8 Å². The molecular weight excluding hydrogens is 264 g/mol. The first-order valence-corrected chi connectivity index (χ1v) is 7.19. The SMILES string of the molecule is CC(C)c1ccc(C(=O)c2ccc3c(c2)OCCO3)cc1. The standard InChI is InChI=1S/C18H18O3/c1-12(2)13-3-5-14(6-4-13)18(19)15-7-8-16-17(11-15)21-10-9-20-16/h3-8,11-12H,9-10H2,1-2H3. The highest BCUT2D eigenvalue weighted by Gasteiger charge is 2.16. The molecule has 0 saturated carbocycles. The second-order valence-corrected chi connectivity index (χ2v) is 5.46. The van der Waals surface area contributed by atoms with E-state index in [1.165, 1.54) is 5.56 Å². The zero-order valence-corrected chi connectivity index (χ0v) is 12.3. The van der Waals surface area contributed by atoms with Gasteiger partial charge in [0.05, 0.1) is 0 Å². The summed E-state index contributed by atoms with van der Waals surface area (Å²) >= 11 is 0. The van der Waals surface area contributed by atoms with Gasteiger partial charge in [0.15, 0.2) is 17.3 Å². The van der Waals surface area contributed by atoms with Crippen molar-refractivity contribution < 1.29 is 14.3 Å². The number of ketones is 1. The molecule has 0 aromatic heterocycles. The number of fused-ring (bicyclic) bond motifs is 1. The van der Waals surface area contributed by atoms with E-state index in [9.17, 15) is 4.79 Å². The highest BCUT2D eigenvalue weighted by atomic mass is 16.6. The van der Waals surface area contributed by atoms with Gasteiger partial charge in [0.2, 0.25) is 0 Å². The van der Waals surface area contributed by atoms with Gasteiger partial charge in [0.1, 0.15) is 13.2 Å². The Balaban J connectivity index is 1.87. The van der Waals surface area contributed by atoms with Crippen molar-refractivity contribution in [3.05, 3.63) is 59.2 Å². The average Bonchev–Trinajstić information content (AvgIpc) is 2.54. The van der Waals surface area contributed by atoms with Crippen LogP contribution in [0, 0.1) is 0 Å². The molecular formula is C18H18O3. The van der Waals surface area contributed by atoms with E-state index in [0.717, 1.165) is 0 Å². The summed E-state index contributed by atoms with van der Waals surface area (Å²) in [4.78, 5) is 12.5. The lowest BCUT2D eigenvalue weighted by Gasteiger charge is -2.18. The van der Waals surface area contributed by atoms with Crippen molar-refractivity contribution in [2.45, 2.75) is 19.8 Å². The van der Waals surface area contributed by atoms with Crippen LogP contribution in [0.2, 0.25) is 0 Å². The number of hydrogen-bond donors (Lipinski definition) is 0. The molecule has 0 spiro atoms. The quantitative estimate of drug-likeness (QED) is 0.803. The zero-order chi connectivity index (χ0) is 14.8. The predicted octanol–water partition coefficient (Wildman–Crippen LogP) is 3.81. The molecule has 3 nitrogen and oxygen atoms in total. The number of rotatable bonds is 3. The molecule has 0 atom stereocenters. The van der Waals surface area contributed by atoms with E-state index in [1.807, 2.05) is 24.3 Å². The van der Waals surface area contributed by atoms with E-state index in [1.54, 1.807) is 18.2 Å².